The van der Waals surface area contributed by atoms with E-state index in [2.05, 4.69) is 0 Å². The van der Waals surface area contributed by atoms with Crippen LogP contribution < -0.4 is 0 Å². The van der Waals surface area contributed by atoms with Crippen molar-refractivity contribution in [2.24, 2.45) is 0 Å². The lowest BCUT2D eigenvalue weighted by Gasteiger charge is -2.07. The minimum absolute atomic E-state index is 0.0185. The van der Waals surface area contributed by atoms with Gasteiger partial charge in [-0.05, 0) is 12.8 Å². The summed E-state index contributed by atoms with van der Waals surface area (Å²) in [6.45, 7) is 0.669. The van der Waals surface area contributed by atoms with Gasteiger partial charge in [0.05, 0.1) is 0 Å². The van der Waals surface area contributed by atoms with E-state index in [0.29, 0.717) is 17.7 Å². The molecule has 15 heavy (non-hydrogen) atoms. The molecule has 0 aromatic heterocycles. The zero-order valence-electron chi connectivity index (χ0n) is 8.31. The number of hydrogen-bond acceptors (Lipinski definition) is 3. The van der Waals surface area contributed by atoms with E-state index in [4.69, 9.17) is 4.74 Å². The zero-order chi connectivity index (χ0) is 10.7. The summed E-state index contributed by atoms with van der Waals surface area (Å²) in [5.74, 6) is 0.0185. The highest BCUT2D eigenvalue weighted by atomic mass is 16.5. The van der Waals surface area contributed by atoms with Gasteiger partial charge in [0.15, 0.2) is 5.78 Å². The molecule has 1 atom stereocenters. The number of ketones is 1. The molecule has 3 heteroatoms. The van der Waals surface area contributed by atoms with Crippen LogP contribution in [0.2, 0.25) is 0 Å². The summed E-state index contributed by atoms with van der Waals surface area (Å²) in [6.07, 6.45) is 2.23. The topological polar surface area (TPSA) is 43.4 Å². The standard InChI is InChI=1S/C12H12O3/c13-8-9-3-5-10(6-4-9)12(14)11-2-1-7-15-11/h3-6,8,11H,1-2,7H2. The van der Waals surface area contributed by atoms with Crippen LogP contribution in [0, 0.1) is 0 Å². The Bertz CT molecular complexity index is 361. The third-order valence-corrected chi connectivity index (χ3v) is 2.55. The molecule has 1 aromatic rings. The first-order valence-electron chi connectivity index (χ1n) is 5.02. The SMILES string of the molecule is O=Cc1ccc(C(=O)C2CCCO2)cc1. The molecule has 0 aliphatic carbocycles. The average molecular weight is 204 g/mol. The molecule has 0 amide bonds. The van der Waals surface area contributed by atoms with Gasteiger partial charge in [0.2, 0.25) is 0 Å². The predicted molar refractivity (Wildman–Crippen MR) is 55.1 cm³/mol. The molecule has 1 saturated heterocycles. The van der Waals surface area contributed by atoms with Crippen molar-refractivity contribution < 1.29 is 14.3 Å². The molecule has 0 saturated carbocycles. The molecule has 1 unspecified atom stereocenters. The first-order valence-corrected chi connectivity index (χ1v) is 5.02. The van der Waals surface area contributed by atoms with Crippen molar-refractivity contribution in [2.75, 3.05) is 6.61 Å². The molecule has 0 bridgehead atoms. The van der Waals surface area contributed by atoms with E-state index in [1.807, 2.05) is 0 Å². The van der Waals surface area contributed by atoms with Crippen molar-refractivity contribution in [3.8, 4) is 0 Å². The highest BCUT2D eigenvalue weighted by molar-refractivity contribution is 6.00. The van der Waals surface area contributed by atoms with E-state index in [-0.39, 0.29) is 11.9 Å². The first-order chi connectivity index (χ1) is 7.31. The Morgan fingerprint density at radius 3 is 2.60 bits per heavy atom. The number of hydrogen-bond donors (Lipinski definition) is 0. The van der Waals surface area contributed by atoms with Gasteiger partial charge in [-0.2, -0.15) is 0 Å². The van der Waals surface area contributed by atoms with Crippen molar-refractivity contribution in [2.45, 2.75) is 18.9 Å². The van der Waals surface area contributed by atoms with Gasteiger partial charge in [-0.1, -0.05) is 24.3 Å². The van der Waals surface area contributed by atoms with Gasteiger partial charge in [0, 0.05) is 17.7 Å². The number of carbonyl (C=O) groups is 2. The third kappa shape index (κ3) is 2.13. The summed E-state index contributed by atoms with van der Waals surface area (Å²) in [5.41, 5.74) is 1.20. The molecule has 1 heterocycles. The minimum Gasteiger partial charge on any atom is -0.370 e. The number of rotatable bonds is 3. The average Bonchev–Trinajstić information content (AvgIpc) is 2.82. The van der Waals surface area contributed by atoms with E-state index in [0.717, 1.165) is 19.1 Å². The second kappa shape index (κ2) is 4.36. The van der Waals surface area contributed by atoms with Crippen molar-refractivity contribution in [3.05, 3.63) is 35.4 Å². The van der Waals surface area contributed by atoms with Crippen LogP contribution in [0.4, 0.5) is 0 Å². The van der Waals surface area contributed by atoms with E-state index < -0.39 is 0 Å². The van der Waals surface area contributed by atoms with E-state index in [9.17, 15) is 9.59 Å². The molecular formula is C12H12O3. The van der Waals surface area contributed by atoms with E-state index >= 15 is 0 Å². The molecule has 0 N–H and O–H groups in total. The molecule has 1 aromatic carbocycles. The molecule has 2 rings (SSSR count). The highest BCUT2D eigenvalue weighted by Gasteiger charge is 2.24. The van der Waals surface area contributed by atoms with Crippen molar-refractivity contribution in [3.63, 3.8) is 0 Å². The Morgan fingerprint density at radius 1 is 1.33 bits per heavy atom. The first kappa shape index (κ1) is 10.1. The number of carbonyl (C=O) groups excluding carboxylic acids is 2. The molecule has 3 nitrogen and oxygen atoms in total. The molecular weight excluding hydrogens is 192 g/mol. The van der Waals surface area contributed by atoms with Crippen LogP contribution in [0.5, 0.6) is 0 Å². The smallest absolute Gasteiger partial charge is 0.191 e. The van der Waals surface area contributed by atoms with Gasteiger partial charge in [-0.15, -0.1) is 0 Å². The van der Waals surface area contributed by atoms with Gasteiger partial charge in [-0.25, -0.2) is 0 Å². The highest BCUT2D eigenvalue weighted by Crippen LogP contribution is 2.17. The number of aldehydes is 1. The molecule has 1 aliphatic rings. The summed E-state index contributed by atoms with van der Waals surface area (Å²) in [6, 6.07) is 6.64. The normalized spacial score (nSPS) is 20.1. The lowest BCUT2D eigenvalue weighted by molar-refractivity contribution is 0.0643. The van der Waals surface area contributed by atoms with Crippen LogP contribution in [0.15, 0.2) is 24.3 Å². The maximum absolute atomic E-state index is 11.8. The monoisotopic (exact) mass is 204 g/mol. The lowest BCUT2D eigenvalue weighted by Crippen LogP contribution is -2.19. The summed E-state index contributed by atoms with van der Waals surface area (Å²) in [4.78, 5) is 22.3. The van der Waals surface area contributed by atoms with Gasteiger partial charge in [0.1, 0.15) is 12.4 Å². The van der Waals surface area contributed by atoms with E-state index in [1.165, 1.54) is 0 Å². The Hall–Kier alpha value is -1.48. The Morgan fingerprint density at radius 2 is 2.07 bits per heavy atom. The second-order valence-electron chi connectivity index (χ2n) is 3.61. The molecule has 0 radical (unpaired) electrons. The van der Waals surface area contributed by atoms with Crippen LogP contribution >= 0.6 is 0 Å². The number of ether oxygens (including phenoxy) is 1. The number of Topliss-reactive ketones (excluding diaryl/α,β-unsaturated/α-hetero) is 1. The molecule has 78 valence electrons. The third-order valence-electron chi connectivity index (χ3n) is 2.55. The van der Waals surface area contributed by atoms with Crippen LogP contribution in [0.3, 0.4) is 0 Å². The fourth-order valence-corrected chi connectivity index (χ4v) is 1.70. The van der Waals surface area contributed by atoms with Crippen LogP contribution in [0.25, 0.3) is 0 Å². The van der Waals surface area contributed by atoms with Crippen LogP contribution in [0.1, 0.15) is 33.6 Å². The van der Waals surface area contributed by atoms with Crippen molar-refractivity contribution >= 4 is 12.1 Å². The van der Waals surface area contributed by atoms with Crippen molar-refractivity contribution in [1.29, 1.82) is 0 Å². The summed E-state index contributed by atoms with van der Waals surface area (Å²) in [5, 5.41) is 0. The fraction of sp³-hybridized carbons (Fsp3) is 0.333. The van der Waals surface area contributed by atoms with Gasteiger partial charge >= 0.3 is 0 Å². The Balaban J connectivity index is 2.14. The van der Waals surface area contributed by atoms with Crippen molar-refractivity contribution in [1.82, 2.24) is 0 Å². The lowest BCUT2D eigenvalue weighted by atomic mass is 10.0. The Kier molecular flexibility index (Phi) is 2.92. The largest absolute Gasteiger partial charge is 0.370 e. The Labute approximate surface area is 88.1 Å². The summed E-state index contributed by atoms with van der Waals surface area (Å²) >= 11 is 0. The second-order valence-corrected chi connectivity index (χ2v) is 3.61. The van der Waals surface area contributed by atoms with Gasteiger partial charge in [0.25, 0.3) is 0 Å². The quantitative estimate of drug-likeness (QED) is 0.557. The van der Waals surface area contributed by atoms with Crippen LogP contribution in [-0.2, 0) is 4.74 Å². The van der Waals surface area contributed by atoms with Gasteiger partial charge in [-0.3, -0.25) is 9.59 Å². The predicted octanol–water partition coefficient (Wildman–Crippen LogP) is 1.86. The maximum atomic E-state index is 11.8. The van der Waals surface area contributed by atoms with E-state index in [1.54, 1.807) is 24.3 Å². The minimum atomic E-state index is -0.285. The fourth-order valence-electron chi connectivity index (χ4n) is 1.70. The zero-order valence-corrected chi connectivity index (χ0v) is 8.31. The molecule has 0 spiro atoms. The van der Waals surface area contributed by atoms with Gasteiger partial charge < -0.3 is 4.74 Å². The summed E-state index contributed by atoms with van der Waals surface area (Å²) in [7, 11) is 0. The maximum Gasteiger partial charge on any atom is 0.191 e. The summed E-state index contributed by atoms with van der Waals surface area (Å²) < 4.78 is 5.31. The van der Waals surface area contributed by atoms with Crippen LogP contribution in [-0.4, -0.2) is 24.8 Å². The molecule has 1 aliphatic heterocycles. The molecule has 1 fully saturated rings. The number of benzene rings is 1.